The molecule has 1 aromatic carbocycles. The summed E-state index contributed by atoms with van der Waals surface area (Å²) in [5.41, 5.74) is 3.47. The van der Waals surface area contributed by atoms with Gasteiger partial charge in [-0.2, -0.15) is 0 Å². The van der Waals surface area contributed by atoms with Gasteiger partial charge in [-0.3, -0.25) is 4.79 Å². The van der Waals surface area contributed by atoms with Gasteiger partial charge in [0.05, 0.1) is 11.3 Å². The number of esters is 1. The van der Waals surface area contributed by atoms with E-state index in [0.717, 1.165) is 65.7 Å². The van der Waals surface area contributed by atoms with Gasteiger partial charge in [-0.05, 0) is 63.1 Å². The van der Waals surface area contributed by atoms with E-state index in [0.29, 0.717) is 18.8 Å². The molecule has 210 valence electrons. The molecule has 39 heavy (non-hydrogen) atoms. The predicted molar refractivity (Wildman–Crippen MR) is 155 cm³/mol. The van der Waals surface area contributed by atoms with Crippen molar-refractivity contribution in [3.8, 4) is 11.5 Å². The normalized spacial score (nSPS) is 20.8. The molecular formula is C31H39ClN2O5. The summed E-state index contributed by atoms with van der Waals surface area (Å²) in [5.74, 6) is 1.24. The number of hydrogen-bond acceptors (Lipinski definition) is 7. The van der Waals surface area contributed by atoms with Gasteiger partial charge in [0.15, 0.2) is 0 Å². The lowest BCUT2D eigenvalue weighted by molar-refractivity contribution is -0.141. The van der Waals surface area contributed by atoms with Crippen molar-refractivity contribution >= 4 is 23.1 Å². The molecule has 2 heterocycles. The highest BCUT2D eigenvalue weighted by Gasteiger charge is 2.30. The Labute approximate surface area is 236 Å². The maximum Gasteiger partial charge on any atom is 0.302 e. The van der Waals surface area contributed by atoms with Crippen LogP contribution in [0.15, 0.2) is 71.0 Å². The topological polar surface area (TPSA) is 80.3 Å². The molecular weight excluding hydrogens is 516 g/mol. The quantitative estimate of drug-likeness (QED) is 0.295. The summed E-state index contributed by atoms with van der Waals surface area (Å²) >= 11 is 6.05. The number of benzene rings is 1. The molecule has 0 saturated carbocycles. The number of ether oxygens (including phenoxy) is 3. The molecule has 0 amide bonds. The van der Waals surface area contributed by atoms with Crippen molar-refractivity contribution in [2.24, 2.45) is 5.92 Å². The van der Waals surface area contributed by atoms with Gasteiger partial charge in [-0.1, -0.05) is 42.0 Å². The molecule has 0 saturated heterocycles. The number of aliphatic hydroxyl groups is 1. The third-order valence-electron chi connectivity index (χ3n) is 7.32. The fraction of sp³-hybridized carbons (Fsp3) is 0.452. The van der Waals surface area contributed by atoms with Gasteiger partial charge in [-0.25, -0.2) is 0 Å². The molecule has 0 fully saturated rings. The molecule has 4 rings (SSSR count). The first-order valence-corrected chi connectivity index (χ1v) is 13.9. The van der Waals surface area contributed by atoms with Gasteiger partial charge >= 0.3 is 5.97 Å². The van der Waals surface area contributed by atoms with Crippen molar-refractivity contribution in [1.82, 2.24) is 10.2 Å². The van der Waals surface area contributed by atoms with Crippen molar-refractivity contribution in [3.63, 3.8) is 0 Å². The Bertz CT molecular complexity index is 1200. The van der Waals surface area contributed by atoms with Crippen LogP contribution in [0, 0.1) is 5.92 Å². The zero-order chi connectivity index (χ0) is 27.8. The summed E-state index contributed by atoms with van der Waals surface area (Å²) in [4.78, 5) is 13.3. The van der Waals surface area contributed by atoms with E-state index in [1.54, 1.807) is 0 Å². The summed E-state index contributed by atoms with van der Waals surface area (Å²) < 4.78 is 17.0. The van der Waals surface area contributed by atoms with Crippen LogP contribution in [0.25, 0.3) is 5.57 Å². The Morgan fingerprint density at radius 1 is 1.31 bits per heavy atom. The molecule has 1 aromatic rings. The van der Waals surface area contributed by atoms with E-state index in [9.17, 15) is 9.90 Å². The second kappa shape index (κ2) is 13.4. The van der Waals surface area contributed by atoms with Crippen LogP contribution in [0.4, 0.5) is 0 Å². The SMILES string of the molecule is CC(=O)OCCOc1ccc2c(c1)/C(=C/CCN(C)CCC(C)(O)C1C=CC(Cl)=CC1)C1=C(CO2)NCC=C1. The number of carbonyl (C=O) groups excluding carboxylic acids is 1. The van der Waals surface area contributed by atoms with Crippen LogP contribution in [0.3, 0.4) is 0 Å². The standard InChI is InChI=1S/C31H39ClN2O5/c1-22(35)37-18-19-38-25-12-13-30-28(20-25)26(27-6-4-15-33-29(27)21-39-30)7-5-16-34(3)17-14-31(2,36)23-8-10-24(32)11-9-23/h4,6-8,10-13,20,23,33,36H,5,9,14-19,21H2,1-3H3/b26-7+. The number of nitrogens with zero attached hydrogens (tertiary/aromatic N) is 1. The van der Waals surface area contributed by atoms with E-state index in [2.05, 4.69) is 35.5 Å². The fourth-order valence-corrected chi connectivity index (χ4v) is 5.09. The number of allylic oxidation sites excluding steroid dienone is 6. The van der Waals surface area contributed by atoms with E-state index in [-0.39, 0.29) is 25.1 Å². The highest BCUT2D eigenvalue weighted by molar-refractivity contribution is 6.31. The van der Waals surface area contributed by atoms with Crippen molar-refractivity contribution in [2.75, 3.05) is 46.5 Å². The first-order valence-electron chi connectivity index (χ1n) is 13.5. The molecule has 0 aromatic heterocycles. The molecule has 2 unspecified atom stereocenters. The fourth-order valence-electron chi connectivity index (χ4n) is 4.93. The largest absolute Gasteiger partial charge is 0.490 e. The Morgan fingerprint density at radius 2 is 2.15 bits per heavy atom. The summed E-state index contributed by atoms with van der Waals surface area (Å²) in [6, 6.07) is 5.80. The lowest BCUT2D eigenvalue weighted by atomic mass is 9.82. The molecule has 8 heteroatoms. The van der Waals surface area contributed by atoms with Crippen LogP contribution in [0.1, 0.15) is 38.7 Å². The van der Waals surface area contributed by atoms with E-state index < -0.39 is 5.60 Å². The Kier molecular flexibility index (Phi) is 9.94. The summed E-state index contributed by atoms with van der Waals surface area (Å²) in [6.07, 6.45) is 14.7. The Morgan fingerprint density at radius 3 is 2.92 bits per heavy atom. The molecule has 0 radical (unpaired) electrons. The molecule has 2 N–H and O–H groups in total. The van der Waals surface area contributed by atoms with Gasteiger partial charge in [0.1, 0.15) is 31.3 Å². The number of halogens is 1. The molecule has 2 atom stereocenters. The third-order valence-corrected chi connectivity index (χ3v) is 7.60. The molecule has 0 bridgehead atoms. The lowest BCUT2D eigenvalue weighted by Gasteiger charge is -2.33. The second-order valence-electron chi connectivity index (χ2n) is 10.4. The highest BCUT2D eigenvalue weighted by atomic mass is 35.5. The van der Waals surface area contributed by atoms with E-state index in [1.165, 1.54) is 6.92 Å². The minimum Gasteiger partial charge on any atom is -0.490 e. The molecule has 0 spiro atoms. The van der Waals surface area contributed by atoms with E-state index >= 15 is 0 Å². The number of fused-ring (bicyclic) bond motifs is 1. The summed E-state index contributed by atoms with van der Waals surface area (Å²) in [6.45, 7) is 6.66. The Hall–Kier alpha value is -3.00. The average Bonchev–Trinajstić information content (AvgIpc) is 3.07. The first-order chi connectivity index (χ1) is 18.7. The van der Waals surface area contributed by atoms with Crippen LogP contribution >= 0.6 is 11.6 Å². The minimum atomic E-state index is -0.793. The van der Waals surface area contributed by atoms with Crippen molar-refractivity contribution in [3.05, 3.63) is 76.5 Å². The van der Waals surface area contributed by atoms with Crippen LogP contribution in [-0.2, 0) is 9.53 Å². The number of rotatable bonds is 11. The smallest absolute Gasteiger partial charge is 0.302 e. The second-order valence-corrected chi connectivity index (χ2v) is 10.9. The van der Waals surface area contributed by atoms with Crippen LogP contribution in [0.2, 0.25) is 0 Å². The third kappa shape index (κ3) is 8.01. The van der Waals surface area contributed by atoms with Crippen molar-refractivity contribution in [2.45, 2.75) is 38.7 Å². The predicted octanol–water partition coefficient (Wildman–Crippen LogP) is 4.98. The van der Waals surface area contributed by atoms with E-state index in [1.807, 2.05) is 43.4 Å². The van der Waals surface area contributed by atoms with Gasteiger partial charge in [-0.15, -0.1) is 0 Å². The van der Waals surface area contributed by atoms with Gasteiger partial charge in [0.25, 0.3) is 0 Å². The minimum absolute atomic E-state index is 0.0689. The average molecular weight is 555 g/mol. The van der Waals surface area contributed by atoms with Gasteiger partial charge < -0.3 is 29.5 Å². The molecule has 7 nitrogen and oxygen atoms in total. The summed E-state index contributed by atoms with van der Waals surface area (Å²) in [7, 11) is 2.09. The van der Waals surface area contributed by atoms with Gasteiger partial charge in [0, 0.05) is 48.6 Å². The van der Waals surface area contributed by atoms with Gasteiger partial charge in [0.2, 0.25) is 0 Å². The van der Waals surface area contributed by atoms with Crippen LogP contribution < -0.4 is 14.8 Å². The van der Waals surface area contributed by atoms with Crippen LogP contribution in [0.5, 0.6) is 11.5 Å². The monoisotopic (exact) mass is 554 g/mol. The lowest BCUT2D eigenvalue weighted by Crippen LogP contribution is -2.37. The molecule has 2 aliphatic heterocycles. The molecule has 3 aliphatic rings. The zero-order valence-corrected chi connectivity index (χ0v) is 23.8. The zero-order valence-electron chi connectivity index (χ0n) is 23.0. The highest BCUT2D eigenvalue weighted by Crippen LogP contribution is 2.39. The number of hydrogen-bond donors (Lipinski definition) is 2. The first kappa shape index (κ1) is 29.0. The maximum absolute atomic E-state index is 11.1. The Balaban J connectivity index is 1.43. The number of nitrogens with one attached hydrogen (secondary N) is 1. The number of carbonyl (C=O) groups is 1. The van der Waals surface area contributed by atoms with Crippen molar-refractivity contribution in [1.29, 1.82) is 0 Å². The summed E-state index contributed by atoms with van der Waals surface area (Å²) in [5, 5.41) is 15.3. The maximum atomic E-state index is 11.1. The van der Waals surface area contributed by atoms with Crippen molar-refractivity contribution < 1.29 is 24.1 Å². The molecule has 1 aliphatic carbocycles. The number of dihydropyridines is 1. The van der Waals surface area contributed by atoms with E-state index in [4.69, 9.17) is 25.8 Å². The van der Waals surface area contributed by atoms with Crippen LogP contribution in [-0.4, -0.2) is 68.1 Å².